The van der Waals surface area contributed by atoms with E-state index >= 15 is 0 Å². The molecule has 5 nitrogen and oxygen atoms in total. The zero-order valence-electron chi connectivity index (χ0n) is 15.7. The summed E-state index contributed by atoms with van der Waals surface area (Å²) >= 11 is 0. The molecule has 2 amide bonds. The Morgan fingerprint density at radius 1 is 1.00 bits per heavy atom. The van der Waals surface area contributed by atoms with Gasteiger partial charge >= 0.3 is 0 Å². The molecular formula is C23H22N2O3. The lowest BCUT2D eigenvalue weighted by molar-refractivity contribution is -0.123. The van der Waals surface area contributed by atoms with E-state index in [4.69, 9.17) is 4.74 Å². The normalized spacial score (nSPS) is 13.2. The molecule has 28 heavy (non-hydrogen) atoms. The van der Waals surface area contributed by atoms with E-state index in [-0.39, 0.29) is 24.5 Å². The number of anilines is 1. The van der Waals surface area contributed by atoms with Gasteiger partial charge in [-0.3, -0.25) is 9.59 Å². The first-order valence-corrected chi connectivity index (χ1v) is 9.42. The maximum Gasteiger partial charge on any atom is 0.259 e. The highest BCUT2D eigenvalue weighted by molar-refractivity contribution is 6.09. The van der Waals surface area contributed by atoms with Crippen LogP contribution in [0.3, 0.4) is 0 Å². The third kappa shape index (κ3) is 4.14. The molecule has 1 fully saturated rings. The van der Waals surface area contributed by atoms with Crippen LogP contribution in [0.2, 0.25) is 0 Å². The monoisotopic (exact) mass is 374 g/mol. The first-order chi connectivity index (χ1) is 13.6. The van der Waals surface area contributed by atoms with Crippen molar-refractivity contribution >= 4 is 28.3 Å². The molecule has 0 heterocycles. The summed E-state index contributed by atoms with van der Waals surface area (Å²) in [5, 5.41) is 7.72. The van der Waals surface area contributed by atoms with Crippen LogP contribution in [0, 0.1) is 6.92 Å². The second-order valence-corrected chi connectivity index (χ2v) is 7.10. The van der Waals surface area contributed by atoms with Crippen molar-refractivity contribution in [3.8, 4) is 5.75 Å². The molecule has 2 N–H and O–H groups in total. The van der Waals surface area contributed by atoms with Crippen molar-refractivity contribution in [1.82, 2.24) is 5.32 Å². The number of ether oxygens (including phenoxy) is 1. The summed E-state index contributed by atoms with van der Waals surface area (Å²) in [6.45, 7) is 1.83. The zero-order valence-corrected chi connectivity index (χ0v) is 15.7. The van der Waals surface area contributed by atoms with Crippen LogP contribution in [-0.2, 0) is 4.79 Å². The average molecular weight is 374 g/mol. The van der Waals surface area contributed by atoms with E-state index in [0.717, 1.165) is 34.9 Å². The van der Waals surface area contributed by atoms with Crippen molar-refractivity contribution in [2.24, 2.45) is 0 Å². The van der Waals surface area contributed by atoms with E-state index in [1.54, 1.807) is 6.07 Å². The summed E-state index contributed by atoms with van der Waals surface area (Å²) in [6.07, 6.45) is 2.04. The second-order valence-electron chi connectivity index (χ2n) is 7.10. The van der Waals surface area contributed by atoms with Crippen LogP contribution in [0.15, 0.2) is 60.7 Å². The van der Waals surface area contributed by atoms with Gasteiger partial charge in [-0.1, -0.05) is 42.5 Å². The number of amides is 2. The summed E-state index contributed by atoms with van der Waals surface area (Å²) in [5.74, 6) is -0.0331. The highest BCUT2D eigenvalue weighted by atomic mass is 16.5. The van der Waals surface area contributed by atoms with Crippen LogP contribution in [0.1, 0.15) is 28.8 Å². The van der Waals surface area contributed by atoms with Gasteiger partial charge in [0.15, 0.2) is 6.61 Å². The molecule has 0 atom stereocenters. The highest BCUT2D eigenvalue weighted by Crippen LogP contribution is 2.28. The Hall–Kier alpha value is -3.34. The summed E-state index contributed by atoms with van der Waals surface area (Å²) in [6, 6.07) is 19.2. The molecule has 0 spiro atoms. The molecule has 0 aliphatic heterocycles. The third-order valence-electron chi connectivity index (χ3n) is 4.79. The van der Waals surface area contributed by atoms with Crippen LogP contribution < -0.4 is 15.4 Å². The molecule has 0 saturated heterocycles. The predicted octanol–water partition coefficient (Wildman–Crippen LogP) is 4.06. The molecule has 0 unspecified atom stereocenters. The molecule has 0 bridgehead atoms. The molecule has 142 valence electrons. The van der Waals surface area contributed by atoms with E-state index < -0.39 is 0 Å². The smallest absolute Gasteiger partial charge is 0.259 e. The minimum absolute atomic E-state index is 0.112. The van der Waals surface area contributed by atoms with Gasteiger partial charge in [-0.2, -0.15) is 0 Å². The van der Waals surface area contributed by atoms with Crippen molar-refractivity contribution in [2.45, 2.75) is 25.8 Å². The topological polar surface area (TPSA) is 67.4 Å². The zero-order chi connectivity index (χ0) is 19.5. The van der Waals surface area contributed by atoms with E-state index in [1.807, 2.05) is 61.5 Å². The number of nitrogens with one attached hydrogen (secondary N) is 2. The molecule has 1 aliphatic carbocycles. The minimum Gasteiger partial charge on any atom is -0.483 e. The summed E-state index contributed by atoms with van der Waals surface area (Å²) in [4.78, 5) is 25.0. The summed E-state index contributed by atoms with van der Waals surface area (Å²) in [5.41, 5.74) is 2.13. The molecule has 1 saturated carbocycles. The number of hydrogen-bond donors (Lipinski definition) is 2. The first-order valence-electron chi connectivity index (χ1n) is 9.42. The average Bonchev–Trinajstić information content (AvgIpc) is 3.51. The number of aryl methyl sites for hydroxylation is 1. The van der Waals surface area contributed by atoms with Gasteiger partial charge in [-0.15, -0.1) is 0 Å². The fourth-order valence-electron chi connectivity index (χ4n) is 3.06. The molecule has 3 aromatic rings. The quantitative estimate of drug-likeness (QED) is 0.684. The van der Waals surface area contributed by atoms with Crippen LogP contribution in [0.5, 0.6) is 5.75 Å². The number of carbonyl (C=O) groups is 2. The molecular weight excluding hydrogens is 352 g/mol. The highest BCUT2D eigenvalue weighted by Gasteiger charge is 2.23. The Balaban J connectivity index is 1.61. The fourth-order valence-corrected chi connectivity index (χ4v) is 3.06. The van der Waals surface area contributed by atoms with E-state index in [9.17, 15) is 9.59 Å². The predicted molar refractivity (Wildman–Crippen MR) is 110 cm³/mol. The number of hydrogen-bond acceptors (Lipinski definition) is 3. The van der Waals surface area contributed by atoms with Gasteiger partial charge in [-0.25, -0.2) is 0 Å². The number of rotatable bonds is 6. The van der Waals surface area contributed by atoms with Gasteiger partial charge in [0, 0.05) is 11.7 Å². The Morgan fingerprint density at radius 2 is 1.68 bits per heavy atom. The standard InChI is InChI=1S/C23H22N2O3/c1-15-6-2-5-9-20(15)25-23(27)19-12-16-7-3-4-8-17(16)13-21(19)28-14-22(26)24-18-10-11-18/h2-9,12-13,18H,10-11,14H2,1H3,(H,24,26)(H,25,27). The summed E-state index contributed by atoms with van der Waals surface area (Å²) < 4.78 is 5.75. The van der Waals surface area contributed by atoms with Crippen LogP contribution in [0.25, 0.3) is 10.8 Å². The van der Waals surface area contributed by atoms with E-state index in [0.29, 0.717) is 11.3 Å². The van der Waals surface area contributed by atoms with Crippen molar-refractivity contribution in [2.75, 3.05) is 11.9 Å². The van der Waals surface area contributed by atoms with Gasteiger partial charge in [0.25, 0.3) is 11.8 Å². The third-order valence-corrected chi connectivity index (χ3v) is 4.79. The van der Waals surface area contributed by atoms with Crippen LogP contribution in [0.4, 0.5) is 5.69 Å². The lowest BCUT2D eigenvalue weighted by Gasteiger charge is -2.14. The number of benzene rings is 3. The Morgan fingerprint density at radius 3 is 2.39 bits per heavy atom. The molecule has 1 aliphatic rings. The lowest BCUT2D eigenvalue weighted by Crippen LogP contribution is -2.30. The van der Waals surface area contributed by atoms with Crippen molar-refractivity contribution in [3.05, 3.63) is 71.8 Å². The van der Waals surface area contributed by atoms with Crippen molar-refractivity contribution in [1.29, 1.82) is 0 Å². The van der Waals surface area contributed by atoms with Crippen molar-refractivity contribution in [3.63, 3.8) is 0 Å². The number of carbonyl (C=O) groups excluding carboxylic acids is 2. The van der Waals surface area contributed by atoms with Crippen molar-refractivity contribution < 1.29 is 14.3 Å². The lowest BCUT2D eigenvalue weighted by atomic mass is 10.0. The maximum atomic E-state index is 13.0. The van der Waals surface area contributed by atoms with Gasteiger partial charge in [0.1, 0.15) is 5.75 Å². The Labute approximate surface area is 163 Å². The Kier molecular flexibility index (Phi) is 4.98. The first kappa shape index (κ1) is 18.0. The fraction of sp³-hybridized carbons (Fsp3) is 0.217. The van der Waals surface area contributed by atoms with E-state index in [2.05, 4.69) is 10.6 Å². The molecule has 4 rings (SSSR count). The number of para-hydroxylation sites is 1. The molecule has 0 aromatic heterocycles. The maximum absolute atomic E-state index is 13.0. The molecule has 0 radical (unpaired) electrons. The van der Waals surface area contributed by atoms with Gasteiger partial charge in [0.05, 0.1) is 5.56 Å². The largest absolute Gasteiger partial charge is 0.483 e. The minimum atomic E-state index is -0.266. The van der Waals surface area contributed by atoms with Gasteiger partial charge in [0.2, 0.25) is 0 Å². The second kappa shape index (κ2) is 7.72. The summed E-state index contributed by atoms with van der Waals surface area (Å²) in [7, 11) is 0. The van der Waals surface area contributed by atoms with Crippen LogP contribution >= 0.6 is 0 Å². The SMILES string of the molecule is Cc1ccccc1NC(=O)c1cc2ccccc2cc1OCC(=O)NC1CC1. The Bertz CT molecular complexity index is 1040. The number of fused-ring (bicyclic) bond motifs is 1. The van der Waals surface area contributed by atoms with Crippen LogP contribution in [-0.4, -0.2) is 24.5 Å². The van der Waals surface area contributed by atoms with Gasteiger partial charge in [-0.05, 0) is 54.3 Å². The van der Waals surface area contributed by atoms with Gasteiger partial charge < -0.3 is 15.4 Å². The molecule has 3 aromatic carbocycles. The molecule has 5 heteroatoms. The van der Waals surface area contributed by atoms with E-state index in [1.165, 1.54) is 0 Å².